The predicted molar refractivity (Wildman–Crippen MR) is 136 cm³/mol. The Labute approximate surface area is 195 Å². The van der Waals surface area contributed by atoms with Gasteiger partial charge in [-0.2, -0.15) is 0 Å². The second kappa shape index (κ2) is 9.58. The summed E-state index contributed by atoms with van der Waals surface area (Å²) in [7, 11) is 0. The molecule has 1 aromatic heterocycles. The predicted octanol–water partition coefficient (Wildman–Crippen LogP) is 7.09. The Kier molecular flexibility index (Phi) is 6.21. The molecule has 33 heavy (non-hydrogen) atoms. The van der Waals surface area contributed by atoms with Gasteiger partial charge in [0.2, 0.25) is 0 Å². The molecule has 0 radical (unpaired) electrons. The number of benzene rings is 3. The molecule has 166 valence electrons. The Bertz CT molecular complexity index is 1230. The van der Waals surface area contributed by atoms with Crippen LogP contribution in [0.2, 0.25) is 0 Å². The third-order valence-corrected chi connectivity index (χ3v) is 6.69. The van der Waals surface area contributed by atoms with Gasteiger partial charge in [-0.1, -0.05) is 72.3 Å². The highest BCUT2D eigenvalue weighted by Crippen LogP contribution is 2.34. The normalized spacial score (nSPS) is 13.3. The number of carbonyl (C=O) groups is 1. The average molecular weight is 435 g/mol. The number of fused-ring (bicyclic) bond motifs is 2. The van der Waals surface area contributed by atoms with E-state index in [1.54, 1.807) is 0 Å². The standard InChI is InChI=1S/C30H30N2O/c1-21-17-18-26-25(20-21)30(29-27(32-26)15-8-16-28(29)33)31-19-9-14-24(22-10-4-2-5-11-22)23-12-6-3-7-13-23/h2-7,10-13,17-18,20,24H,8-9,14-16,19H2,1H3,(H,31,32). The van der Waals surface area contributed by atoms with Crippen LogP contribution in [0.25, 0.3) is 10.9 Å². The SMILES string of the molecule is Cc1ccc2nc3c(c(NCCCC(c4ccccc4)c4ccccc4)c2c1)C(=O)CCC3. The van der Waals surface area contributed by atoms with E-state index >= 15 is 0 Å². The zero-order valence-electron chi connectivity index (χ0n) is 19.2. The molecule has 1 N–H and O–H groups in total. The zero-order valence-corrected chi connectivity index (χ0v) is 19.2. The summed E-state index contributed by atoms with van der Waals surface area (Å²) in [5.41, 5.74) is 7.62. The Morgan fingerprint density at radius 1 is 0.909 bits per heavy atom. The smallest absolute Gasteiger partial charge is 0.166 e. The molecule has 0 saturated carbocycles. The Morgan fingerprint density at radius 3 is 2.30 bits per heavy atom. The molecule has 0 amide bonds. The van der Waals surface area contributed by atoms with Crippen molar-refractivity contribution in [2.75, 3.05) is 11.9 Å². The minimum atomic E-state index is 0.223. The molecule has 0 fully saturated rings. The summed E-state index contributed by atoms with van der Waals surface area (Å²) in [6.07, 6.45) is 4.44. The largest absolute Gasteiger partial charge is 0.384 e. The number of nitrogens with zero attached hydrogens (tertiary/aromatic N) is 1. The Balaban J connectivity index is 1.39. The van der Waals surface area contributed by atoms with Gasteiger partial charge in [0.25, 0.3) is 0 Å². The molecule has 1 aliphatic carbocycles. The van der Waals surface area contributed by atoms with Gasteiger partial charge in [-0.3, -0.25) is 9.78 Å². The first-order valence-electron chi connectivity index (χ1n) is 12.0. The van der Waals surface area contributed by atoms with E-state index in [4.69, 9.17) is 4.98 Å². The van der Waals surface area contributed by atoms with E-state index in [1.807, 2.05) is 0 Å². The summed E-state index contributed by atoms with van der Waals surface area (Å²) in [5.74, 6) is 0.585. The number of pyridine rings is 1. The van der Waals surface area contributed by atoms with Gasteiger partial charge in [0.05, 0.1) is 22.5 Å². The highest BCUT2D eigenvalue weighted by Gasteiger charge is 2.24. The number of aryl methyl sites for hydroxylation is 2. The second-order valence-corrected chi connectivity index (χ2v) is 9.05. The molecule has 3 aromatic carbocycles. The van der Waals surface area contributed by atoms with Crippen molar-refractivity contribution >= 4 is 22.4 Å². The number of hydrogen-bond donors (Lipinski definition) is 1. The third-order valence-electron chi connectivity index (χ3n) is 6.69. The van der Waals surface area contributed by atoms with Crippen molar-refractivity contribution in [3.05, 3.63) is 107 Å². The van der Waals surface area contributed by atoms with Crippen LogP contribution in [0.15, 0.2) is 78.9 Å². The monoisotopic (exact) mass is 434 g/mol. The van der Waals surface area contributed by atoms with E-state index in [1.165, 1.54) is 16.7 Å². The molecule has 4 aromatic rings. The van der Waals surface area contributed by atoms with Crippen LogP contribution < -0.4 is 5.32 Å². The number of hydrogen-bond acceptors (Lipinski definition) is 3. The van der Waals surface area contributed by atoms with E-state index in [9.17, 15) is 4.79 Å². The van der Waals surface area contributed by atoms with Gasteiger partial charge in [0.15, 0.2) is 5.78 Å². The molecule has 0 aliphatic heterocycles. The second-order valence-electron chi connectivity index (χ2n) is 9.05. The van der Waals surface area contributed by atoms with Crippen molar-refractivity contribution in [1.82, 2.24) is 4.98 Å². The summed E-state index contributed by atoms with van der Waals surface area (Å²) >= 11 is 0. The summed E-state index contributed by atoms with van der Waals surface area (Å²) < 4.78 is 0. The number of Topliss-reactive ketones (excluding diaryl/α,β-unsaturated/α-hetero) is 1. The first-order chi connectivity index (χ1) is 16.2. The number of aromatic nitrogens is 1. The van der Waals surface area contributed by atoms with E-state index in [2.05, 4.69) is 91.1 Å². The first kappa shape index (κ1) is 21.4. The highest BCUT2D eigenvalue weighted by molar-refractivity contribution is 6.09. The minimum Gasteiger partial charge on any atom is -0.384 e. The molecule has 1 aliphatic rings. The van der Waals surface area contributed by atoms with Gasteiger partial charge >= 0.3 is 0 Å². The lowest BCUT2D eigenvalue weighted by molar-refractivity contribution is 0.0972. The first-order valence-corrected chi connectivity index (χ1v) is 12.0. The number of carbonyl (C=O) groups excluding carboxylic acids is 1. The van der Waals surface area contributed by atoms with Crippen LogP contribution in [-0.4, -0.2) is 17.3 Å². The maximum absolute atomic E-state index is 12.9. The van der Waals surface area contributed by atoms with Crippen molar-refractivity contribution in [3.63, 3.8) is 0 Å². The average Bonchev–Trinajstić information content (AvgIpc) is 2.85. The van der Waals surface area contributed by atoms with E-state index in [-0.39, 0.29) is 5.78 Å². The zero-order chi connectivity index (χ0) is 22.6. The summed E-state index contributed by atoms with van der Waals surface area (Å²) in [6, 6.07) is 27.8. The molecule has 0 bridgehead atoms. The van der Waals surface area contributed by atoms with Gasteiger partial charge in [-0.15, -0.1) is 0 Å². The maximum Gasteiger partial charge on any atom is 0.166 e. The minimum absolute atomic E-state index is 0.223. The van der Waals surface area contributed by atoms with Crippen LogP contribution in [-0.2, 0) is 6.42 Å². The number of ketones is 1. The molecule has 0 unspecified atom stereocenters. The molecule has 1 heterocycles. The van der Waals surface area contributed by atoms with Crippen LogP contribution in [0.5, 0.6) is 0 Å². The van der Waals surface area contributed by atoms with Gasteiger partial charge in [0, 0.05) is 24.3 Å². The molecular formula is C30H30N2O. The molecule has 5 rings (SSSR count). The fourth-order valence-electron chi connectivity index (χ4n) is 5.05. The van der Waals surface area contributed by atoms with Gasteiger partial charge < -0.3 is 5.32 Å². The lowest BCUT2D eigenvalue weighted by Gasteiger charge is -2.22. The molecule has 3 heteroatoms. The molecule has 3 nitrogen and oxygen atoms in total. The van der Waals surface area contributed by atoms with Crippen LogP contribution in [0.3, 0.4) is 0 Å². The van der Waals surface area contributed by atoms with Crippen molar-refractivity contribution in [3.8, 4) is 0 Å². The summed E-state index contributed by atoms with van der Waals surface area (Å²) in [5, 5.41) is 4.73. The van der Waals surface area contributed by atoms with Crippen molar-refractivity contribution in [2.24, 2.45) is 0 Å². The van der Waals surface area contributed by atoms with Crippen molar-refractivity contribution < 1.29 is 4.79 Å². The lowest BCUT2D eigenvalue weighted by atomic mass is 9.87. The topological polar surface area (TPSA) is 42.0 Å². The van der Waals surface area contributed by atoms with Gasteiger partial charge in [-0.05, 0) is 55.9 Å². The van der Waals surface area contributed by atoms with Crippen molar-refractivity contribution in [2.45, 2.75) is 44.9 Å². The quantitative estimate of drug-likeness (QED) is 0.316. The number of nitrogens with one attached hydrogen (secondary N) is 1. The van der Waals surface area contributed by atoms with Crippen LogP contribution in [0.1, 0.15) is 64.3 Å². The van der Waals surface area contributed by atoms with Gasteiger partial charge in [0.1, 0.15) is 0 Å². The van der Waals surface area contributed by atoms with Crippen LogP contribution >= 0.6 is 0 Å². The summed E-state index contributed by atoms with van der Waals surface area (Å²) in [6.45, 7) is 2.91. The maximum atomic E-state index is 12.9. The highest BCUT2D eigenvalue weighted by atomic mass is 16.1. The van der Waals surface area contributed by atoms with E-state index < -0.39 is 0 Å². The van der Waals surface area contributed by atoms with Gasteiger partial charge in [-0.25, -0.2) is 0 Å². The third kappa shape index (κ3) is 4.54. The van der Waals surface area contributed by atoms with Crippen LogP contribution in [0.4, 0.5) is 5.69 Å². The Hall–Kier alpha value is -3.46. The molecule has 0 saturated heterocycles. The Morgan fingerprint density at radius 2 is 1.61 bits per heavy atom. The fourth-order valence-corrected chi connectivity index (χ4v) is 5.05. The fraction of sp³-hybridized carbons (Fsp3) is 0.267. The molecule has 0 atom stereocenters. The van der Waals surface area contributed by atoms with E-state index in [0.717, 1.165) is 60.1 Å². The van der Waals surface area contributed by atoms with Crippen molar-refractivity contribution in [1.29, 1.82) is 0 Å². The number of rotatable bonds is 7. The number of anilines is 1. The molecule has 0 spiro atoms. The summed E-state index contributed by atoms with van der Waals surface area (Å²) in [4.78, 5) is 17.7. The molecular weight excluding hydrogens is 404 g/mol. The van der Waals surface area contributed by atoms with Crippen LogP contribution in [0, 0.1) is 6.92 Å². The van der Waals surface area contributed by atoms with E-state index in [0.29, 0.717) is 12.3 Å². The lowest BCUT2D eigenvalue weighted by Crippen LogP contribution is -2.17.